The average molecular weight is 197 g/mol. The van der Waals surface area contributed by atoms with E-state index in [2.05, 4.69) is 18.2 Å². The van der Waals surface area contributed by atoms with Crippen LogP contribution >= 0.6 is 0 Å². The first-order valence-corrected chi connectivity index (χ1v) is 4.99. The minimum absolute atomic E-state index is 0.447. The predicted molar refractivity (Wildman–Crippen MR) is 61.6 cm³/mol. The highest BCUT2D eigenvalue weighted by molar-refractivity contribution is 6.05. The van der Waals surface area contributed by atoms with Crippen LogP contribution in [0.5, 0.6) is 0 Å². The molecule has 2 N–H and O–H groups in total. The largest absolute Gasteiger partial charge is 0.460 e. The average Bonchev–Trinajstić information content (AvgIpc) is 2.72. The molecular weight excluding hydrogens is 186 g/mol. The van der Waals surface area contributed by atoms with Crippen molar-refractivity contribution in [3.05, 3.63) is 48.2 Å². The monoisotopic (exact) mass is 197 g/mol. The van der Waals surface area contributed by atoms with Crippen LogP contribution in [0, 0.1) is 0 Å². The molecule has 3 aromatic rings. The molecule has 0 aliphatic heterocycles. The van der Waals surface area contributed by atoms with E-state index in [4.69, 9.17) is 10.2 Å². The van der Waals surface area contributed by atoms with Gasteiger partial charge in [-0.25, -0.2) is 0 Å². The first kappa shape index (κ1) is 8.50. The Balaban J connectivity index is 2.47. The number of benzene rings is 2. The van der Waals surface area contributed by atoms with Crippen LogP contribution < -0.4 is 5.73 Å². The number of hydrogen-bond donors (Lipinski definition) is 1. The second-order valence-electron chi connectivity index (χ2n) is 3.62. The summed E-state index contributed by atoms with van der Waals surface area (Å²) in [6.45, 7) is 0.447. The SMILES string of the molecule is NCc1cc2c(ccc3ccccc32)o1. The van der Waals surface area contributed by atoms with Crippen LogP contribution in [0.1, 0.15) is 5.76 Å². The van der Waals surface area contributed by atoms with Crippen LogP contribution in [0.3, 0.4) is 0 Å². The normalized spacial score (nSPS) is 11.3. The lowest BCUT2D eigenvalue weighted by molar-refractivity contribution is 0.552. The second-order valence-corrected chi connectivity index (χ2v) is 3.62. The molecule has 0 aliphatic carbocycles. The summed E-state index contributed by atoms with van der Waals surface area (Å²) in [5, 5.41) is 3.60. The molecular formula is C13H11NO. The molecule has 2 nitrogen and oxygen atoms in total. The molecule has 3 rings (SSSR count). The van der Waals surface area contributed by atoms with Gasteiger partial charge in [0, 0.05) is 5.39 Å². The Labute approximate surface area is 87.3 Å². The summed E-state index contributed by atoms with van der Waals surface area (Å²) in [5.74, 6) is 0.835. The summed E-state index contributed by atoms with van der Waals surface area (Å²) < 4.78 is 5.60. The first-order valence-electron chi connectivity index (χ1n) is 4.99. The Hall–Kier alpha value is -1.80. The zero-order valence-corrected chi connectivity index (χ0v) is 8.23. The van der Waals surface area contributed by atoms with Gasteiger partial charge in [0.2, 0.25) is 0 Å². The van der Waals surface area contributed by atoms with Crippen molar-refractivity contribution in [2.75, 3.05) is 0 Å². The molecule has 0 radical (unpaired) electrons. The van der Waals surface area contributed by atoms with Gasteiger partial charge in [0.15, 0.2) is 0 Å². The summed E-state index contributed by atoms with van der Waals surface area (Å²) in [6, 6.07) is 14.4. The number of furan rings is 1. The maximum absolute atomic E-state index is 5.60. The van der Waals surface area contributed by atoms with Gasteiger partial charge in [-0.3, -0.25) is 0 Å². The molecule has 0 amide bonds. The van der Waals surface area contributed by atoms with Crippen molar-refractivity contribution in [1.82, 2.24) is 0 Å². The van der Waals surface area contributed by atoms with Gasteiger partial charge in [-0.15, -0.1) is 0 Å². The van der Waals surface area contributed by atoms with Gasteiger partial charge in [0.25, 0.3) is 0 Å². The van der Waals surface area contributed by atoms with Gasteiger partial charge < -0.3 is 10.2 Å². The van der Waals surface area contributed by atoms with Crippen molar-refractivity contribution in [1.29, 1.82) is 0 Å². The van der Waals surface area contributed by atoms with E-state index in [9.17, 15) is 0 Å². The van der Waals surface area contributed by atoms with Crippen molar-refractivity contribution in [2.24, 2.45) is 5.73 Å². The van der Waals surface area contributed by atoms with Crippen molar-refractivity contribution < 1.29 is 4.42 Å². The predicted octanol–water partition coefficient (Wildman–Crippen LogP) is 3.04. The van der Waals surface area contributed by atoms with Crippen molar-refractivity contribution in [3.63, 3.8) is 0 Å². The Kier molecular flexibility index (Phi) is 1.76. The molecule has 0 saturated heterocycles. The minimum atomic E-state index is 0.447. The molecule has 0 unspecified atom stereocenters. The Bertz CT molecular complexity index is 625. The fourth-order valence-electron chi connectivity index (χ4n) is 1.95. The molecule has 1 aromatic heterocycles. The standard InChI is InChI=1S/C13H11NO/c14-8-10-7-12-11-4-2-1-3-9(11)5-6-13(12)15-10/h1-7H,8,14H2. The fraction of sp³-hybridized carbons (Fsp3) is 0.0769. The molecule has 74 valence electrons. The summed E-state index contributed by atoms with van der Waals surface area (Å²) in [7, 11) is 0. The lowest BCUT2D eigenvalue weighted by Crippen LogP contribution is -1.92. The van der Waals surface area contributed by atoms with E-state index in [1.54, 1.807) is 0 Å². The van der Waals surface area contributed by atoms with E-state index in [1.807, 2.05) is 24.3 Å². The molecule has 1 heterocycles. The van der Waals surface area contributed by atoms with E-state index in [0.29, 0.717) is 6.54 Å². The van der Waals surface area contributed by atoms with Crippen molar-refractivity contribution in [3.8, 4) is 0 Å². The van der Waals surface area contributed by atoms with Crippen molar-refractivity contribution in [2.45, 2.75) is 6.54 Å². The minimum Gasteiger partial charge on any atom is -0.460 e. The topological polar surface area (TPSA) is 39.2 Å². The highest BCUT2D eigenvalue weighted by atomic mass is 16.3. The van der Waals surface area contributed by atoms with Crippen LogP contribution in [0.25, 0.3) is 21.7 Å². The molecule has 15 heavy (non-hydrogen) atoms. The van der Waals surface area contributed by atoms with Crippen LogP contribution in [-0.2, 0) is 6.54 Å². The lowest BCUT2D eigenvalue weighted by atomic mass is 10.1. The van der Waals surface area contributed by atoms with E-state index in [1.165, 1.54) is 10.8 Å². The zero-order valence-electron chi connectivity index (χ0n) is 8.23. The molecule has 2 aromatic carbocycles. The van der Waals surface area contributed by atoms with E-state index >= 15 is 0 Å². The molecule has 0 spiro atoms. The molecule has 2 heteroatoms. The highest BCUT2D eigenvalue weighted by Gasteiger charge is 2.05. The van der Waals surface area contributed by atoms with Gasteiger partial charge in [0.05, 0.1) is 6.54 Å². The molecule has 0 atom stereocenters. The Morgan fingerprint density at radius 2 is 1.87 bits per heavy atom. The Morgan fingerprint density at radius 1 is 1.00 bits per heavy atom. The maximum atomic E-state index is 5.60. The van der Waals surface area contributed by atoms with E-state index in [-0.39, 0.29) is 0 Å². The number of rotatable bonds is 1. The molecule has 0 bridgehead atoms. The summed E-state index contributed by atoms with van der Waals surface area (Å²) in [5.41, 5.74) is 6.48. The molecule has 0 aliphatic rings. The molecule has 0 fully saturated rings. The van der Waals surface area contributed by atoms with Gasteiger partial charge in [-0.05, 0) is 22.9 Å². The number of fused-ring (bicyclic) bond motifs is 3. The van der Waals surface area contributed by atoms with Crippen LogP contribution in [0.4, 0.5) is 0 Å². The third-order valence-corrected chi connectivity index (χ3v) is 2.68. The fourth-order valence-corrected chi connectivity index (χ4v) is 1.95. The van der Waals surface area contributed by atoms with Gasteiger partial charge >= 0.3 is 0 Å². The Morgan fingerprint density at radius 3 is 2.73 bits per heavy atom. The van der Waals surface area contributed by atoms with Crippen LogP contribution in [0.2, 0.25) is 0 Å². The third-order valence-electron chi connectivity index (χ3n) is 2.68. The second kappa shape index (κ2) is 3.11. The summed E-state index contributed by atoms with van der Waals surface area (Å²) in [4.78, 5) is 0. The molecule has 0 saturated carbocycles. The van der Waals surface area contributed by atoms with Crippen molar-refractivity contribution >= 4 is 21.7 Å². The number of nitrogens with two attached hydrogens (primary N) is 1. The first-order chi connectivity index (χ1) is 7.38. The van der Waals surface area contributed by atoms with Gasteiger partial charge in [-0.1, -0.05) is 30.3 Å². The number of hydrogen-bond acceptors (Lipinski definition) is 2. The van der Waals surface area contributed by atoms with Gasteiger partial charge in [-0.2, -0.15) is 0 Å². The smallest absolute Gasteiger partial charge is 0.134 e. The van der Waals surface area contributed by atoms with Gasteiger partial charge in [0.1, 0.15) is 11.3 Å². The highest BCUT2D eigenvalue weighted by Crippen LogP contribution is 2.27. The summed E-state index contributed by atoms with van der Waals surface area (Å²) in [6.07, 6.45) is 0. The van der Waals surface area contributed by atoms with E-state index in [0.717, 1.165) is 16.7 Å². The van der Waals surface area contributed by atoms with Crippen LogP contribution in [-0.4, -0.2) is 0 Å². The third kappa shape index (κ3) is 1.22. The summed E-state index contributed by atoms with van der Waals surface area (Å²) >= 11 is 0. The lowest BCUT2D eigenvalue weighted by Gasteiger charge is -1.96. The maximum Gasteiger partial charge on any atom is 0.134 e. The zero-order chi connectivity index (χ0) is 10.3. The van der Waals surface area contributed by atoms with Crippen LogP contribution in [0.15, 0.2) is 46.9 Å². The van der Waals surface area contributed by atoms with E-state index < -0.39 is 0 Å². The quantitative estimate of drug-likeness (QED) is 0.651.